The summed E-state index contributed by atoms with van der Waals surface area (Å²) in [5, 5.41) is 0. The molecule has 0 radical (unpaired) electrons. The molecule has 5 fully saturated rings. The van der Waals surface area contributed by atoms with Gasteiger partial charge >= 0.3 is 6.09 Å². The molecule has 112 valence electrons. The first kappa shape index (κ1) is 13.0. The molecular weight excluding hydrogens is 250 g/mol. The lowest BCUT2D eigenvalue weighted by atomic mass is 9.54. The van der Waals surface area contributed by atoms with Crippen LogP contribution in [-0.2, 0) is 4.74 Å². The van der Waals surface area contributed by atoms with Gasteiger partial charge in [0, 0.05) is 11.5 Å². The average molecular weight is 277 g/mol. The fraction of sp³-hybridized carbons (Fsp3) is 0.941. The van der Waals surface area contributed by atoms with Crippen LogP contribution in [0.4, 0.5) is 4.79 Å². The van der Waals surface area contributed by atoms with Crippen LogP contribution in [0.3, 0.4) is 0 Å². The number of rotatable bonds is 1. The van der Waals surface area contributed by atoms with Crippen LogP contribution >= 0.6 is 0 Å². The first-order valence-corrected chi connectivity index (χ1v) is 8.39. The van der Waals surface area contributed by atoms with E-state index < -0.39 is 0 Å². The Morgan fingerprint density at radius 1 is 1.00 bits per heavy atom. The molecule has 0 aromatic carbocycles. The number of hydrogen-bond acceptors (Lipinski definition) is 2. The molecule has 20 heavy (non-hydrogen) atoms. The molecular formula is C17H27NO2. The van der Waals surface area contributed by atoms with Gasteiger partial charge in [0.15, 0.2) is 0 Å². The van der Waals surface area contributed by atoms with Gasteiger partial charge in [-0.25, -0.2) is 4.79 Å². The van der Waals surface area contributed by atoms with E-state index in [0.29, 0.717) is 6.04 Å². The Kier molecular flexibility index (Phi) is 2.69. The van der Waals surface area contributed by atoms with Crippen molar-refractivity contribution in [1.29, 1.82) is 0 Å². The van der Waals surface area contributed by atoms with Gasteiger partial charge in [0.2, 0.25) is 0 Å². The highest BCUT2D eigenvalue weighted by atomic mass is 16.6. The van der Waals surface area contributed by atoms with Crippen molar-refractivity contribution in [3.63, 3.8) is 0 Å². The predicted octanol–water partition coefficient (Wildman–Crippen LogP) is 3.68. The zero-order chi connectivity index (χ0) is 14.1. The van der Waals surface area contributed by atoms with Crippen molar-refractivity contribution in [3.05, 3.63) is 0 Å². The molecule has 1 aliphatic heterocycles. The zero-order valence-corrected chi connectivity index (χ0v) is 13.0. The van der Waals surface area contributed by atoms with Crippen molar-refractivity contribution < 1.29 is 9.53 Å². The standard InChI is InChI=1S/C17H27NO2/c1-17(2,3)14-9-18(16(19)20-14)15-12-5-10-4-11(7-12)8-13(15)6-10/h10-15H,4-9H2,1-3H3/t10?,11?,12?,13?,14-,15?/m1/s1. The lowest BCUT2D eigenvalue weighted by Crippen LogP contribution is -2.56. The van der Waals surface area contributed by atoms with E-state index in [1.807, 2.05) is 0 Å². The van der Waals surface area contributed by atoms with Gasteiger partial charge in [-0.3, -0.25) is 0 Å². The summed E-state index contributed by atoms with van der Waals surface area (Å²) in [4.78, 5) is 14.5. The normalized spacial score (nSPS) is 47.0. The van der Waals surface area contributed by atoms with Crippen LogP contribution in [-0.4, -0.2) is 29.7 Å². The van der Waals surface area contributed by atoms with Crippen LogP contribution in [0, 0.1) is 29.1 Å². The van der Waals surface area contributed by atoms with Gasteiger partial charge < -0.3 is 9.64 Å². The quantitative estimate of drug-likeness (QED) is 0.731. The van der Waals surface area contributed by atoms with Crippen LogP contribution in [0.2, 0.25) is 0 Å². The third-order valence-electron chi connectivity index (χ3n) is 6.34. The molecule has 0 aromatic rings. The highest BCUT2D eigenvalue weighted by Gasteiger charge is 2.53. The van der Waals surface area contributed by atoms with Gasteiger partial charge in [-0.15, -0.1) is 0 Å². The predicted molar refractivity (Wildman–Crippen MR) is 77.3 cm³/mol. The number of amides is 1. The van der Waals surface area contributed by atoms with E-state index in [1.54, 1.807) is 0 Å². The number of carbonyl (C=O) groups excluding carboxylic acids is 1. The van der Waals surface area contributed by atoms with Gasteiger partial charge in [0.05, 0.1) is 6.54 Å². The molecule has 4 saturated carbocycles. The minimum Gasteiger partial charge on any atom is -0.444 e. The second-order valence-corrected chi connectivity index (χ2v) is 8.81. The Labute approximate surface area is 122 Å². The minimum atomic E-state index is -0.0394. The highest BCUT2D eigenvalue weighted by molar-refractivity contribution is 5.70. The van der Waals surface area contributed by atoms with Crippen molar-refractivity contribution >= 4 is 6.09 Å². The van der Waals surface area contributed by atoms with Crippen LogP contribution < -0.4 is 0 Å². The van der Waals surface area contributed by atoms with Crippen LogP contribution in [0.1, 0.15) is 52.9 Å². The number of cyclic esters (lactones) is 1. The van der Waals surface area contributed by atoms with Crippen molar-refractivity contribution in [2.45, 2.75) is 65.0 Å². The topological polar surface area (TPSA) is 29.5 Å². The molecule has 5 aliphatic rings. The van der Waals surface area contributed by atoms with Gasteiger partial charge in [-0.2, -0.15) is 0 Å². The SMILES string of the molecule is CC(C)(C)[C@H]1CN(C2C3CC4CC(C3)CC2C4)C(=O)O1. The number of nitrogens with zero attached hydrogens (tertiary/aromatic N) is 1. The Bertz CT molecular complexity index is 397. The first-order valence-electron chi connectivity index (χ1n) is 8.39. The van der Waals surface area contributed by atoms with Gasteiger partial charge in [-0.05, 0) is 55.8 Å². The summed E-state index contributed by atoms with van der Waals surface area (Å²) in [6.45, 7) is 7.33. The molecule has 0 aromatic heterocycles. The lowest BCUT2D eigenvalue weighted by molar-refractivity contribution is -0.0483. The molecule has 0 unspecified atom stereocenters. The molecule has 1 heterocycles. The Balaban J connectivity index is 1.55. The fourth-order valence-corrected chi connectivity index (χ4v) is 5.58. The lowest BCUT2D eigenvalue weighted by Gasteiger charge is -2.56. The summed E-state index contributed by atoms with van der Waals surface area (Å²) in [6, 6.07) is 0.489. The Morgan fingerprint density at radius 3 is 2.00 bits per heavy atom. The average Bonchev–Trinajstić information content (AvgIpc) is 2.70. The van der Waals surface area contributed by atoms with Gasteiger partial charge in [0.25, 0.3) is 0 Å². The summed E-state index contributed by atoms with van der Waals surface area (Å²) in [5.41, 5.74) is 0.0519. The van der Waals surface area contributed by atoms with Crippen molar-refractivity contribution in [2.24, 2.45) is 29.1 Å². The molecule has 3 heteroatoms. The monoisotopic (exact) mass is 277 g/mol. The largest absolute Gasteiger partial charge is 0.444 e. The van der Waals surface area contributed by atoms with E-state index in [4.69, 9.17) is 4.74 Å². The van der Waals surface area contributed by atoms with E-state index in [1.165, 1.54) is 32.1 Å². The summed E-state index contributed by atoms with van der Waals surface area (Å²) in [6.07, 6.45) is 6.94. The second-order valence-electron chi connectivity index (χ2n) is 8.81. The third-order valence-corrected chi connectivity index (χ3v) is 6.34. The van der Waals surface area contributed by atoms with E-state index >= 15 is 0 Å². The first-order chi connectivity index (χ1) is 9.41. The fourth-order valence-electron chi connectivity index (χ4n) is 5.58. The van der Waals surface area contributed by atoms with Crippen LogP contribution in [0.25, 0.3) is 0 Å². The molecule has 0 N–H and O–H groups in total. The molecule has 1 atom stereocenters. The van der Waals surface area contributed by atoms with E-state index in [9.17, 15) is 4.79 Å². The molecule has 5 rings (SSSR count). The van der Waals surface area contributed by atoms with E-state index in [2.05, 4.69) is 25.7 Å². The second kappa shape index (κ2) is 4.14. The van der Waals surface area contributed by atoms with Gasteiger partial charge in [-0.1, -0.05) is 20.8 Å². The summed E-state index contributed by atoms with van der Waals surface area (Å²) < 4.78 is 5.68. The molecule has 3 nitrogen and oxygen atoms in total. The maximum absolute atomic E-state index is 12.4. The van der Waals surface area contributed by atoms with Crippen LogP contribution in [0.5, 0.6) is 0 Å². The highest BCUT2D eigenvalue weighted by Crippen LogP contribution is 2.55. The summed E-state index contributed by atoms with van der Waals surface area (Å²) >= 11 is 0. The minimum absolute atomic E-state index is 0.0394. The summed E-state index contributed by atoms with van der Waals surface area (Å²) in [5.74, 6) is 3.45. The maximum Gasteiger partial charge on any atom is 0.410 e. The van der Waals surface area contributed by atoms with Crippen molar-refractivity contribution in [3.8, 4) is 0 Å². The smallest absolute Gasteiger partial charge is 0.410 e. The van der Waals surface area contributed by atoms with E-state index in [0.717, 1.165) is 30.2 Å². The summed E-state index contributed by atoms with van der Waals surface area (Å²) in [7, 11) is 0. The Morgan fingerprint density at radius 2 is 1.55 bits per heavy atom. The number of ether oxygens (including phenoxy) is 1. The van der Waals surface area contributed by atoms with Crippen LogP contribution in [0.15, 0.2) is 0 Å². The van der Waals surface area contributed by atoms with Crippen molar-refractivity contribution in [2.75, 3.05) is 6.54 Å². The van der Waals surface area contributed by atoms with Crippen molar-refractivity contribution in [1.82, 2.24) is 4.90 Å². The van der Waals surface area contributed by atoms with E-state index in [-0.39, 0.29) is 17.6 Å². The molecule has 0 spiro atoms. The molecule has 4 aliphatic carbocycles. The number of hydrogen-bond donors (Lipinski definition) is 0. The molecule has 4 bridgehead atoms. The third kappa shape index (κ3) is 1.88. The zero-order valence-electron chi connectivity index (χ0n) is 13.0. The molecule has 1 amide bonds. The van der Waals surface area contributed by atoms with Gasteiger partial charge in [0.1, 0.15) is 6.10 Å². The Hall–Kier alpha value is -0.730. The maximum atomic E-state index is 12.4. The molecule has 1 saturated heterocycles. The number of carbonyl (C=O) groups is 1.